The fourth-order valence-electron chi connectivity index (χ4n) is 1.28. The number of rotatable bonds is 2. The van der Waals surface area contributed by atoms with Crippen LogP contribution in [0.15, 0.2) is 12.1 Å². The van der Waals surface area contributed by atoms with Gasteiger partial charge in [-0.1, -0.05) is 0 Å². The number of Topliss-reactive ketones (excluding diaryl/α,β-unsaturated/α-hetero) is 1. The molecule has 1 aromatic carbocycles. The van der Waals surface area contributed by atoms with Gasteiger partial charge in [0.05, 0.1) is 5.41 Å². The molecule has 0 aliphatic rings. The summed E-state index contributed by atoms with van der Waals surface area (Å²) in [6.45, 7) is 3.93. The first-order chi connectivity index (χ1) is 6.78. The first-order valence-corrected chi connectivity index (χ1v) is 4.43. The van der Waals surface area contributed by atoms with E-state index in [4.69, 9.17) is 0 Å². The molecule has 0 radical (unpaired) electrons. The summed E-state index contributed by atoms with van der Waals surface area (Å²) in [6, 6.07) is 1.52. The predicted octanol–water partition coefficient (Wildman–Crippen LogP) is 2.97. The van der Waals surface area contributed by atoms with E-state index in [0.29, 0.717) is 6.07 Å². The third kappa shape index (κ3) is 1.89. The second-order valence-corrected chi connectivity index (χ2v) is 3.90. The van der Waals surface area contributed by atoms with E-state index in [-0.39, 0.29) is 0 Å². The Balaban J connectivity index is 3.49. The molecule has 0 saturated heterocycles. The van der Waals surface area contributed by atoms with E-state index >= 15 is 0 Å². The maximum absolute atomic E-state index is 13.4. The van der Waals surface area contributed by atoms with E-state index in [0.717, 1.165) is 6.07 Å². The summed E-state index contributed by atoms with van der Waals surface area (Å²) < 4.78 is 39.6. The minimum Gasteiger partial charge on any atom is -0.299 e. The Kier molecular flexibility index (Phi) is 2.88. The van der Waals surface area contributed by atoms with Gasteiger partial charge in [0.1, 0.15) is 11.6 Å². The molecule has 1 aromatic rings. The first kappa shape index (κ1) is 11.8. The van der Waals surface area contributed by atoms with E-state index in [1.54, 1.807) is 0 Å². The molecule has 0 saturated carbocycles. The molecule has 0 aliphatic heterocycles. The van der Waals surface area contributed by atoms with Crippen LogP contribution in [0.4, 0.5) is 13.2 Å². The minimum atomic E-state index is -1.36. The highest BCUT2D eigenvalue weighted by molar-refractivity contribution is 5.87. The van der Waals surface area contributed by atoms with Crippen LogP contribution in [0.25, 0.3) is 0 Å². The van der Waals surface area contributed by atoms with Gasteiger partial charge in [-0.15, -0.1) is 0 Å². The highest BCUT2D eigenvalue weighted by Gasteiger charge is 2.33. The molecule has 0 bridgehead atoms. The second kappa shape index (κ2) is 3.68. The largest absolute Gasteiger partial charge is 0.299 e. The van der Waals surface area contributed by atoms with Crippen LogP contribution in [-0.2, 0) is 10.2 Å². The molecule has 0 aromatic heterocycles. The molecule has 0 amide bonds. The number of halogens is 3. The summed E-state index contributed by atoms with van der Waals surface area (Å²) in [5, 5.41) is 0. The Bertz CT molecular complexity index is 411. The van der Waals surface area contributed by atoms with Gasteiger partial charge < -0.3 is 0 Å². The summed E-state index contributed by atoms with van der Waals surface area (Å²) in [5.74, 6) is -3.78. The van der Waals surface area contributed by atoms with Crippen LogP contribution in [0.1, 0.15) is 26.3 Å². The van der Waals surface area contributed by atoms with Gasteiger partial charge >= 0.3 is 0 Å². The lowest BCUT2D eigenvalue weighted by atomic mass is 9.80. The monoisotopic (exact) mass is 216 g/mol. The number of ketones is 1. The minimum absolute atomic E-state index is 0.425. The van der Waals surface area contributed by atoms with E-state index in [2.05, 4.69) is 0 Å². The van der Waals surface area contributed by atoms with Crippen molar-refractivity contribution in [3.63, 3.8) is 0 Å². The molecule has 1 rings (SSSR count). The molecule has 0 heterocycles. The maximum atomic E-state index is 13.4. The number of hydrogen-bond donors (Lipinski definition) is 0. The molecule has 0 spiro atoms. The van der Waals surface area contributed by atoms with Crippen LogP contribution in [-0.4, -0.2) is 5.78 Å². The molecule has 82 valence electrons. The molecular weight excluding hydrogens is 205 g/mol. The Labute approximate surface area is 85.9 Å². The van der Waals surface area contributed by atoms with Gasteiger partial charge in [-0.2, -0.15) is 0 Å². The summed E-state index contributed by atoms with van der Waals surface area (Å²) in [5.41, 5.74) is -1.88. The Morgan fingerprint density at radius 2 is 1.60 bits per heavy atom. The fourth-order valence-corrected chi connectivity index (χ4v) is 1.28. The number of hydrogen-bond acceptors (Lipinski definition) is 1. The molecule has 1 nitrogen and oxygen atoms in total. The Morgan fingerprint density at radius 3 is 2.07 bits per heavy atom. The second-order valence-electron chi connectivity index (χ2n) is 3.90. The molecule has 0 fully saturated rings. The summed E-state index contributed by atoms with van der Waals surface area (Å²) in [4.78, 5) is 11.2. The van der Waals surface area contributed by atoms with Crippen molar-refractivity contribution < 1.29 is 18.0 Å². The highest BCUT2D eigenvalue weighted by Crippen LogP contribution is 2.30. The molecule has 4 heteroatoms. The Morgan fingerprint density at radius 1 is 1.13 bits per heavy atom. The zero-order chi connectivity index (χ0) is 11.8. The van der Waals surface area contributed by atoms with Crippen LogP contribution in [0.2, 0.25) is 0 Å². The predicted molar refractivity (Wildman–Crippen MR) is 50.0 cm³/mol. The van der Waals surface area contributed by atoms with Crippen molar-refractivity contribution in [3.05, 3.63) is 35.1 Å². The van der Waals surface area contributed by atoms with Gasteiger partial charge in [-0.05, 0) is 32.9 Å². The van der Waals surface area contributed by atoms with Crippen molar-refractivity contribution in [2.75, 3.05) is 0 Å². The van der Waals surface area contributed by atoms with Crippen LogP contribution in [0.5, 0.6) is 0 Å². The zero-order valence-electron chi connectivity index (χ0n) is 8.70. The van der Waals surface area contributed by atoms with Crippen molar-refractivity contribution in [1.82, 2.24) is 0 Å². The lowest BCUT2D eigenvalue weighted by Crippen LogP contribution is -2.29. The third-order valence-electron chi connectivity index (χ3n) is 2.55. The molecule has 0 atom stereocenters. The van der Waals surface area contributed by atoms with Crippen molar-refractivity contribution in [2.45, 2.75) is 26.2 Å². The van der Waals surface area contributed by atoms with Gasteiger partial charge in [-0.25, -0.2) is 13.2 Å². The standard InChI is InChI=1S/C11H11F3O/c1-6(15)11(2,3)9-7(12)4-5-8(13)10(9)14/h4-5H,1-3H3. The summed E-state index contributed by atoms with van der Waals surface area (Å²) >= 11 is 0. The molecule has 0 N–H and O–H groups in total. The van der Waals surface area contributed by atoms with Gasteiger partial charge in [0.2, 0.25) is 0 Å². The first-order valence-electron chi connectivity index (χ1n) is 4.43. The van der Waals surface area contributed by atoms with Gasteiger partial charge in [0, 0.05) is 5.56 Å². The summed E-state index contributed by atoms with van der Waals surface area (Å²) in [7, 11) is 0. The molecule has 15 heavy (non-hydrogen) atoms. The fraction of sp³-hybridized carbons (Fsp3) is 0.364. The Hall–Kier alpha value is -1.32. The summed E-state index contributed by atoms with van der Waals surface area (Å²) in [6.07, 6.45) is 0. The quantitative estimate of drug-likeness (QED) is 0.694. The number of benzene rings is 1. The van der Waals surface area contributed by atoms with Crippen LogP contribution in [0, 0.1) is 17.5 Å². The lowest BCUT2D eigenvalue weighted by Gasteiger charge is -2.22. The van der Waals surface area contributed by atoms with E-state index in [1.807, 2.05) is 0 Å². The van der Waals surface area contributed by atoms with Gasteiger partial charge in [0.15, 0.2) is 11.6 Å². The van der Waals surface area contributed by atoms with Crippen LogP contribution < -0.4 is 0 Å². The van der Waals surface area contributed by atoms with Crippen molar-refractivity contribution in [1.29, 1.82) is 0 Å². The van der Waals surface area contributed by atoms with Crippen molar-refractivity contribution in [3.8, 4) is 0 Å². The van der Waals surface area contributed by atoms with Crippen LogP contribution in [0.3, 0.4) is 0 Å². The van der Waals surface area contributed by atoms with Crippen molar-refractivity contribution in [2.24, 2.45) is 0 Å². The van der Waals surface area contributed by atoms with E-state index in [9.17, 15) is 18.0 Å². The highest BCUT2D eigenvalue weighted by atomic mass is 19.2. The smallest absolute Gasteiger partial charge is 0.165 e. The molecule has 0 unspecified atom stereocenters. The maximum Gasteiger partial charge on any atom is 0.165 e. The average Bonchev–Trinajstić information content (AvgIpc) is 2.11. The number of carbonyl (C=O) groups is 1. The molecular formula is C11H11F3O. The lowest BCUT2D eigenvalue weighted by molar-refractivity contribution is -0.121. The topological polar surface area (TPSA) is 17.1 Å². The average molecular weight is 216 g/mol. The molecule has 0 aliphatic carbocycles. The zero-order valence-corrected chi connectivity index (χ0v) is 8.70. The SMILES string of the molecule is CC(=O)C(C)(C)c1c(F)ccc(F)c1F. The van der Waals surface area contributed by atoms with E-state index in [1.165, 1.54) is 20.8 Å². The van der Waals surface area contributed by atoms with Gasteiger partial charge in [-0.3, -0.25) is 4.79 Å². The van der Waals surface area contributed by atoms with E-state index < -0.39 is 34.2 Å². The third-order valence-corrected chi connectivity index (χ3v) is 2.55. The van der Waals surface area contributed by atoms with Crippen LogP contribution >= 0.6 is 0 Å². The van der Waals surface area contributed by atoms with Gasteiger partial charge in [0.25, 0.3) is 0 Å². The van der Waals surface area contributed by atoms with Crippen molar-refractivity contribution >= 4 is 5.78 Å². The number of carbonyl (C=O) groups excluding carboxylic acids is 1. The normalized spacial score (nSPS) is 11.6.